The Bertz CT molecular complexity index is 1570. The number of hydrogen-bond donors (Lipinski definition) is 2. The van der Waals surface area contributed by atoms with Crippen molar-refractivity contribution >= 4 is 28.8 Å². The maximum Gasteiger partial charge on any atom is 0.293 e. The molecule has 1 amide bonds. The normalized spacial score (nSPS) is 11.2. The van der Waals surface area contributed by atoms with Gasteiger partial charge in [-0.05, 0) is 53.8 Å². The molecule has 38 heavy (non-hydrogen) atoms. The summed E-state index contributed by atoms with van der Waals surface area (Å²) in [6, 6.07) is 18.8. The van der Waals surface area contributed by atoms with Gasteiger partial charge in [0.25, 0.3) is 17.2 Å². The molecule has 0 saturated heterocycles. The number of rotatable bonds is 6. The summed E-state index contributed by atoms with van der Waals surface area (Å²) < 4.78 is 1.41. The van der Waals surface area contributed by atoms with Crippen molar-refractivity contribution in [3.05, 3.63) is 110 Å². The van der Waals surface area contributed by atoms with Crippen molar-refractivity contribution in [3.63, 3.8) is 0 Å². The number of nitro groups is 1. The minimum atomic E-state index is -0.489. The molecule has 3 aromatic carbocycles. The van der Waals surface area contributed by atoms with Crippen LogP contribution in [-0.4, -0.2) is 20.4 Å². The van der Waals surface area contributed by atoms with Crippen LogP contribution in [0.4, 0.5) is 22.9 Å². The molecule has 0 aliphatic carbocycles. The highest BCUT2D eigenvalue weighted by atomic mass is 16.6. The number of nitrogens with one attached hydrogen (secondary N) is 2. The van der Waals surface area contributed by atoms with Crippen LogP contribution in [0.25, 0.3) is 11.3 Å². The van der Waals surface area contributed by atoms with Crippen LogP contribution in [0.5, 0.6) is 0 Å². The molecule has 194 valence electrons. The molecule has 2 N–H and O–H groups in total. The number of hydrogen-bond acceptors (Lipinski definition) is 6. The van der Waals surface area contributed by atoms with Gasteiger partial charge in [0.1, 0.15) is 0 Å². The third-order valence-corrected chi connectivity index (χ3v) is 6.28. The zero-order valence-electron chi connectivity index (χ0n) is 21.9. The summed E-state index contributed by atoms with van der Waals surface area (Å²) in [5.41, 5.74) is 4.48. The van der Waals surface area contributed by atoms with Gasteiger partial charge in [-0.15, -0.1) is 0 Å². The van der Waals surface area contributed by atoms with E-state index in [4.69, 9.17) is 0 Å². The lowest BCUT2D eigenvalue weighted by molar-refractivity contribution is -0.384. The van der Waals surface area contributed by atoms with Crippen molar-refractivity contribution in [1.82, 2.24) is 9.55 Å². The molecule has 0 bridgehead atoms. The molecule has 1 heterocycles. The van der Waals surface area contributed by atoms with Crippen molar-refractivity contribution in [1.29, 1.82) is 0 Å². The van der Waals surface area contributed by atoms with Gasteiger partial charge in [-0.2, -0.15) is 0 Å². The van der Waals surface area contributed by atoms with Gasteiger partial charge in [-0.1, -0.05) is 45.0 Å². The molecule has 0 spiro atoms. The van der Waals surface area contributed by atoms with Crippen molar-refractivity contribution in [2.45, 2.75) is 33.1 Å². The molecule has 0 atom stereocenters. The highest BCUT2D eigenvalue weighted by Crippen LogP contribution is 2.29. The number of aromatic nitrogens is 2. The molecule has 0 fully saturated rings. The van der Waals surface area contributed by atoms with E-state index in [0.717, 1.165) is 16.7 Å². The highest BCUT2D eigenvalue weighted by Gasteiger charge is 2.17. The van der Waals surface area contributed by atoms with Gasteiger partial charge in [-0.25, -0.2) is 4.98 Å². The summed E-state index contributed by atoms with van der Waals surface area (Å²) in [5, 5.41) is 16.9. The SMILES string of the molecule is Cc1c(NC(=O)c2ccc(C(C)(C)C)cc2)cccc1-c1cn(C)c(=O)c(Nc2ccc([N+](=O)[O-])cc2)n1. The number of benzene rings is 3. The summed E-state index contributed by atoms with van der Waals surface area (Å²) in [6.07, 6.45) is 1.63. The van der Waals surface area contributed by atoms with Crippen LogP contribution in [0.2, 0.25) is 0 Å². The summed E-state index contributed by atoms with van der Waals surface area (Å²) in [7, 11) is 1.62. The molecule has 9 heteroatoms. The van der Waals surface area contributed by atoms with E-state index >= 15 is 0 Å². The third kappa shape index (κ3) is 5.62. The smallest absolute Gasteiger partial charge is 0.293 e. The lowest BCUT2D eigenvalue weighted by Crippen LogP contribution is -2.21. The maximum atomic E-state index is 13.0. The monoisotopic (exact) mass is 511 g/mol. The molecule has 4 aromatic rings. The molecular weight excluding hydrogens is 482 g/mol. The van der Waals surface area contributed by atoms with Crippen LogP contribution < -0.4 is 16.2 Å². The Labute approximate surface area is 220 Å². The first-order chi connectivity index (χ1) is 17.9. The molecule has 0 unspecified atom stereocenters. The Balaban J connectivity index is 1.62. The lowest BCUT2D eigenvalue weighted by atomic mass is 9.86. The minimum absolute atomic E-state index is 0.00507. The quantitative estimate of drug-likeness (QED) is 0.244. The first-order valence-electron chi connectivity index (χ1n) is 12.0. The van der Waals surface area contributed by atoms with Gasteiger partial charge in [0.2, 0.25) is 0 Å². The number of carbonyl (C=O) groups is 1. The number of amides is 1. The molecule has 0 saturated carbocycles. The van der Waals surface area contributed by atoms with Gasteiger partial charge < -0.3 is 15.2 Å². The fraction of sp³-hybridized carbons (Fsp3) is 0.207. The van der Waals surface area contributed by atoms with E-state index in [-0.39, 0.29) is 28.4 Å². The minimum Gasteiger partial charge on any atom is -0.336 e. The second-order valence-corrected chi connectivity index (χ2v) is 10.1. The summed E-state index contributed by atoms with van der Waals surface area (Å²) in [5.74, 6) is -0.147. The summed E-state index contributed by atoms with van der Waals surface area (Å²) in [6.45, 7) is 8.25. The molecule has 9 nitrogen and oxygen atoms in total. The first kappa shape index (κ1) is 26.3. The van der Waals surface area contributed by atoms with Gasteiger partial charge in [0, 0.05) is 47.9 Å². The first-order valence-corrected chi connectivity index (χ1v) is 12.0. The number of non-ortho nitro benzene ring substituents is 1. The fourth-order valence-corrected chi connectivity index (χ4v) is 3.99. The topological polar surface area (TPSA) is 119 Å². The van der Waals surface area contributed by atoms with Crippen LogP contribution in [0.1, 0.15) is 42.3 Å². The Hall–Kier alpha value is -4.79. The highest BCUT2D eigenvalue weighted by molar-refractivity contribution is 6.05. The number of carbonyl (C=O) groups excluding carboxylic acids is 1. The van der Waals surface area contributed by atoms with Gasteiger partial charge >= 0.3 is 0 Å². The van der Waals surface area contributed by atoms with E-state index in [1.807, 2.05) is 49.4 Å². The van der Waals surface area contributed by atoms with E-state index in [9.17, 15) is 19.7 Å². The molecule has 0 aliphatic rings. The predicted octanol–water partition coefficient (Wildman–Crippen LogP) is 5.96. The van der Waals surface area contributed by atoms with Crippen LogP contribution in [0, 0.1) is 17.0 Å². The van der Waals surface area contributed by atoms with Gasteiger partial charge in [0.05, 0.1) is 10.6 Å². The van der Waals surface area contributed by atoms with Crippen molar-refractivity contribution in [2.75, 3.05) is 10.6 Å². The average Bonchev–Trinajstić information content (AvgIpc) is 2.87. The van der Waals surface area contributed by atoms with E-state index < -0.39 is 4.92 Å². The summed E-state index contributed by atoms with van der Waals surface area (Å²) >= 11 is 0. The van der Waals surface area contributed by atoms with Gasteiger partial charge in [0.15, 0.2) is 5.82 Å². The standard InChI is InChI=1S/C29H29N5O4/c1-18-23(7-6-8-24(18)32-27(35)19-9-11-20(12-10-19)29(2,3)4)25-17-33(5)28(36)26(31-25)30-21-13-15-22(16-14-21)34(37)38/h6-17H,1-5H3,(H,30,31)(H,32,35). The third-order valence-electron chi connectivity index (χ3n) is 6.28. The molecule has 0 aliphatic heterocycles. The largest absolute Gasteiger partial charge is 0.336 e. The van der Waals surface area contributed by atoms with Crippen molar-refractivity contribution in [2.24, 2.45) is 7.05 Å². The Kier molecular flexibility index (Phi) is 7.12. The van der Waals surface area contributed by atoms with Crippen LogP contribution in [0.3, 0.4) is 0 Å². The average molecular weight is 512 g/mol. The lowest BCUT2D eigenvalue weighted by Gasteiger charge is -2.19. The van der Waals surface area contributed by atoms with Crippen molar-refractivity contribution < 1.29 is 9.72 Å². The zero-order chi connectivity index (χ0) is 27.6. The van der Waals surface area contributed by atoms with E-state index in [1.54, 1.807) is 13.2 Å². The predicted molar refractivity (Wildman–Crippen MR) is 149 cm³/mol. The number of nitro benzene ring substituents is 1. The fourth-order valence-electron chi connectivity index (χ4n) is 3.99. The second kappa shape index (κ2) is 10.3. The van der Waals surface area contributed by atoms with Crippen LogP contribution in [-0.2, 0) is 12.5 Å². The van der Waals surface area contributed by atoms with Crippen molar-refractivity contribution in [3.8, 4) is 11.3 Å². The Morgan fingerprint density at radius 1 is 1.00 bits per heavy atom. The van der Waals surface area contributed by atoms with E-state index in [1.165, 1.54) is 28.8 Å². The second-order valence-electron chi connectivity index (χ2n) is 10.1. The molecule has 0 radical (unpaired) electrons. The Morgan fingerprint density at radius 2 is 1.66 bits per heavy atom. The molecule has 4 rings (SSSR count). The zero-order valence-corrected chi connectivity index (χ0v) is 21.9. The number of anilines is 3. The summed E-state index contributed by atoms with van der Waals surface area (Å²) in [4.78, 5) is 40.7. The number of nitrogens with zero attached hydrogens (tertiary/aromatic N) is 3. The van der Waals surface area contributed by atoms with Crippen LogP contribution >= 0.6 is 0 Å². The van der Waals surface area contributed by atoms with Crippen LogP contribution in [0.15, 0.2) is 77.7 Å². The molecule has 1 aromatic heterocycles. The van der Waals surface area contributed by atoms with E-state index in [0.29, 0.717) is 22.6 Å². The van der Waals surface area contributed by atoms with Gasteiger partial charge in [-0.3, -0.25) is 19.7 Å². The Morgan fingerprint density at radius 3 is 2.26 bits per heavy atom. The molecular formula is C29H29N5O4. The maximum absolute atomic E-state index is 13.0. The van der Waals surface area contributed by atoms with E-state index in [2.05, 4.69) is 36.4 Å². The number of aryl methyl sites for hydroxylation is 1.